The van der Waals surface area contributed by atoms with E-state index in [-0.39, 0.29) is 12.3 Å². The quantitative estimate of drug-likeness (QED) is 0.742. The number of sulfonamides is 1. The first-order valence-electron chi connectivity index (χ1n) is 8.79. The molecule has 1 aliphatic rings. The van der Waals surface area contributed by atoms with E-state index in [4.69, 9.17) is 25.8 Å². The van der Waals surface area contributed by atoms with Gasteiger partial charge in [-0.05, 0) is 19.1 Å². The molecule has 0 aliphatic carbocycles. The van der Waals surface area contributed by atoms with Gasteiger partial charge in [0.2, 0.25) is 10.0 Å². The Kier molecular flexibility index (Phi) is 6.09. The molecule has 0 spiro atoms. The second kappa shape index (κ2) is 8.38. The summed E-state index contributed by atoms with van der Waals surface area (Å²) in [5.41, 5.74) is 0.732. The minimum absolute atomic E-state index is 0.0993. The van der Waals surface area contributed by atoms with Gasteiger partial charge in [-0.25, -0.2) is 8.42 Å². The first-order chi connectivity index (χ1) is 13.8. The summed E-state index contributed by atoms with van der Waals surface area (Å²) in [5, 5.41) is 3.03. The monoisotopic (exact) mass is 440 g/mol. The van der Waals surface area contributed by atoms with E-state index in [2.05, 4.69) is 5.32 Å². The molecule has 1 heterocycles. The predicted molar refractivity (Wildman–Crippen MR) is 111 cm³/mol. The third-order valence-electron chi connectivity index (χ3n) is 4.46. The van der Waals surface area contributed by atoms with Crippen LogP contribution in [0.4, 0.5) is 11.4 Å². The smallest absolute Gasteiger partial charge is 0.267 e. The number of hydrogen-bond acceptors (Lipinski definition) is 6. The number of nitrogens with one attached hydrogen (secondary N) is 1. The van der Waals surface area contributed by atoms with Gasteiger partial charge in [0.05, 0.1) is 42.9 Å². The number of nitrogens with zero attached hydrogens (tertiary/aromatic N) is 1. The number of benzene rings is 2. The van der Waals surface area contributed by atoms with Crippen molar-refractivity contribution < 1.29 is 27.4 Å². The zero-order valence-electron chi connectivity index (χ0n) is 16.1. The Morgan fingerprint density at radius 3 is 2.59 bits per heavy atom. The summed E-state index contributed by atoms with van der Waals surface area (Å²) >= 11 is 6.09. The van der Waals surface area contributed by atoms with Gasteiger partial charge in [0, 0.05) is 12.1 Å². The number of ether oxygens (including phenoxy) is 3. The Morgan fingerprint density at radius 1 is 1.24 bits per heavy atom. The van der Waals surface area contributed by atoms with Gasteiger partial charge < -0.3 is 19.5 Å². The van der Waals surface area contributed by atoms with Crippen LogP contribution in [-0.2, 0) is 14.8 Å². The number of carbonyl (C=O) groups excluding carboxylic acids is 1. The van der Waals surface area contributed by atoms with Crippen molar-refractivity contribution >= 4 is 38.9 Å². The van der Waals surface area contributed by atoms with Gasteiger partial charge in [0.15, 0.2) is 6.10 Å². The van der Waals surface area contributed by atoms with Crippen LogP contribution < -0.4 is 23.8 Å². The van der Waals surface area contributed by atoms with E-state index in [9.17, 15) is 13.2 Å². The van der Waals surface area contributed by atoms with E-state index < -0.39 is 22.0 Å². The molecule has 29 heavy (non-hydrogen) atoms. The SMILES string of the molecule is CCS(=O)(=O)N1CC(C(=O)Nc2cc(OC)c(Cl)cc2OC)Oc2ccccc21. The van der Waals surface area contributed by atoms with Crippen LogP contribution >= 0.6 is 11.6 Å². The topological polar surface area (TPSA) is 94.2 Å². The van der Waals surface area contributed by atoms with Crippen molar-refractivity contribution in [1.82, 2.24) is 0 Å². The summed E-state index contributed by atoms with van der Waals surface area (Å²) in [6.45, 7) is 1.40. The first kappa shape index (κ1) is 21.1. The van der Waals surface area contributed by atoms with Gasteiger partial charge in [-0.2, -0.15) is 0 Å². The van der Waals surface area contributed by atoms with Crippen LogP contribution in [0.25, 0.3) is 0 Å². The number of halogens is 1. The number of fused-ring (bicyclic) bond motifs is 1. The summed E-state index contributed by atoms with van der Waals surface area (Å²) in [7, 11) is -0.698. The molecular weight excluding hydrogens is 420 g/mol. The summed E-state index contributed by atoms with van der Waals surface area (Å²) in [6, 6.07) is 9.73. The third-order valence-corrected chi connectivity index (χ3v) is 6.50. The largest absolute Gasteiger partial charge is 0.495 e. The van der Waals surface area contributed by atoms with Crippen molar-refractivity contribution in [2.24, 2.45) is 0 Å². The summed E-state index contributed by atoms with van der Waals surface area (Å²) in [6.07, 6.45) is -1.06. The Morgan fingerprint density at radius 2 is 1.93 bits per heavy atom. The lowest BCUT2D eigenvalue weighted by molar-refractivity contribution is -0.122. The third kappa shape index (κ3) is 4.20. The van der Waals surface area contributed by atoms with Crippen molar-refractivity contribution in [2.45, 2.75) is 13.0 Å². The van der Waals surface area contributed by atoms with Crippen LogP contribution in [0.2, 0.25) is 5.02 Å². The molecule has 8 nitrogen and oxygen atoms in total. The van der Waals surface area contributed by atoms with Crippen LogP contribution in [0.1, 0.15) is 6.92 Å². The maximum Gasteiger partial charge on any atom is 0.267 e. The normalized spacial score (nSPS) is 15.9. The minimum atomic E-state index is -3.59. The molecular formula is C19H21ClN2O6S. The lowest BCUT2D eigenvalue weighted by atomic mass is 10.2. The number of amides is 1. The molecule has 1 unspecified atom stereocenters. The molecule has 0 saturated heterocycles. The molecule has 3 rings (SSSR count). The molecule has 0 radical (unpaired) electrons. The van der Waals surface area contributed by atoms with Gasteiger partial charge >= 0.3 is 0 Å². The Hall–Kier alpha value is -2.65. The number of para-hydroxylation sites is 2. The van der Waals surface area contributed by atoms with Gasteiger partial charge in [-0.1, -0.05) is 23.7 Å². The van der Waals surface area contributed by atoms with Crippen LogP contribution in [0, 0.1) is 0 Å². The second-order valence-electron chi connectivity index (χ2n) is 6.18. The van der Waals surface area contributed by atoms with E-state index in [1.54, 1.807) is 31.2 Å². The van der Waals surface area contributed by atoms with E-state index >= 15 is 0 Å². The Bertz CT molecular complexity index is 1030. The van der Waals surface area contributed by atoms with Gasteiger partial charge in [0.25, 0.3) is 5.91 Å². The minimum Gasteiger partial charge on any atom is -0.495 e. The zero-order chi connectivity index (χ0) is 21.2. The molecule has 0 fully saturated rings. The summed E-state index contributed by atoms with van der Waals surface area (Å²) < 4.78 is 42.5. The highest BCUT2D eigenvalue weighted by molar-refractivity contribution is 7.92. The lowest BCUT2D eigenvalue weighted by Crippen LogP contribution is -2.49. The first-order valence-corrected chi connectivity index (χ1v) is 10.8. The molecule has 1 N–H and O–H groups in total. The highest BCUT2D eigenvalue weighted by Crippen LogP contribution is 2.38. The predicted octanol–water partition coefficient (Wildman–Crippen LogP) is 2.91. The van der Waals surface area contributed by atoms with E-state index in [1.165, 1.54) is 30.7 Å². The van der Waals surface area contributed by atoms with Crippen molar-refractivity contribution in [2.75, 3.05) is 36.1 Å². The molecule has 0 bridgehead atoms. The Labute approximate surface area is 174 Å². The number of carbonyl (C=O) groups is 1. The number of rotatable bonds is 6. The van der Waals surface area contributed by atoms with Crippen LogP contribution in [0.5, 0.6) is 17.2 Å². The molecule has 156 valence electrons. The Balaban J connectivity index is 1.91. The molecule has 0 aromatic heterocycles. The fraction of sp³-hybridized carbons (Fsp3) is 0.316. The standard InChI is InChI=1S/C19H21ClN2O6S/c1-4-29(24,25)22-11-18(28-15-8-6-5-7-14(15)22)19(23)21-13-10-16(26-2)12(20)9-17(13)27-3/h5-10,18H,4,11H2,1-3H3,(H,21,23). The highest BCUT2D eigenvalue weighted by Gasteiger charge is 2.36. The summed E-state index contributed by atoms with van der Waals surface area (Å²) in [4.78, 5) is 12.9. The van der Waals surface area contributed by atoms with E-state index in [0.29, 0.717) is 33.6 Å². The second-order valence-corrected chi connectivity index (χ2v) is 8.77. The van der Waals surface area contributed by atoms with Crippen LogP contribution in [0.15, 0.2) is 36.4 Å². The van der Waals surface area contributed by atoms with Crippen molar-refractivity contribution in [3.8, 4) is 17.2 Å². The van der Waals surface area contributed by atoms with E-state index in [1.807, 2.05) is 0 Å². The summed E-state index contributed by atoms with van der Waals surface area (Å²) in [5.74, 6) is 0.374. The van der Waals surface area contributed by atoms with E-state index in [0.717, 1.165) is 0 Å². The van der Waals surface area contributed by atoms with Gasteiger partial charge in [0.1, 0.15) is 17.2 Å². The molecule has 10 heteroatoms. The molecule has 1 atom stereocenters. The van der Waals surface area contributed by atoms with Crippen molar-refractivity contribution in [1.29, 1.82) is 0 Å². The fourth-order valence-corrected chi connectivity index (χ4v) is 4.28. The number of hydrogen-bond donors (Lipinski definition) is 1. The van der Waals surface area contributed by atoms with Gasteiger partial charge in [-0.3, -0.25) is 9.10 Å². The zero-order valence-corrected chi connectivity index (χ0v) is 17.7. The van der Waals surface area contributed by atoms with Crippen LogP contribution in [0.3, 0.4) is 0 Å². The number of methoxy groups -OCH3 is 2. The maximum absolute atomic E-state index is 12.9. The van der Waals surface area contributed by atoms with Gasteiger partial charge in [-0.15, -0.1) is 0 Å². The molecule has 1 aliphatic heterocycles. The highest BCUT2D eigenvalue weighted by atomic mass is 35.5. The van der Waals surface area contributed by atoms with Crippen LogP contribution in [-0.4, -0.2) is 46.9 Å². The van der Waals surface area contributed by atoms with Crippen molar-refractivity contribution in [3.63, 3.8) is 0 Å². The average Bonchev–Trinajstić information content (AvgIpc) is 2.73. The lowest BCUT2D eigenvalue weighted by Gasteiger charge is -2.34. The number of anilines is 2. The molecule has 0 saturated carbocycles. The van der Waals surface area contributed by atoms with Crippen molar-refractivity contribution in [3.05, 3.63) is 41.4 Å². The molecule has 2 aromatic carbocycles. The maximum atomic E-state index is 12.9. The fourth-order valence-electron chi connectivity index (χ4n) is 2.93. The average molecular weight is 441 g/mol. The molecule has 2 aromatic rings. The molecule has 1 amide bonds.